The van der Waals surface area contributed by atoms with Gasteiger partial charge in [0.25, 0.3) is 0 Å². The number of benzene rings is 3. The minimum atomic E-state index is -3.96. The van der Waals surface area contributed by atoms with Gasteiger partial charge in [0.2, 0.25) is 14.9 Å². The highest BCUT2D eigenvalue weighted by Crippen LogP contribution is 2.25. The average molecular weight is 443 g/mol. The highest BCUT2D eigenvalue weighted by molar-refractivity contribution is 7.91. The molecule has 0 fully saturated rings. The number of nitrogens with one attached hydrogen (secondary N) is 2. The van der Waals surface area contributed by atoms with Crippen LogP contribution < -0.4 is 5.49 Å². The maximum Gasteiger partial charge on any atom is 0.227 e. The van der Waals surface area contributed by atoms with Gasteiger partial charge in [0, 0.05) is 17.4 Å². The Kier molecular flexibility index (Phi) is 4.90. The standard InChI is InChI=1S/C25H22N4O2S/c1-17-11-13-19(14-12-17)32(30,31)25-23(26)29(16-15-18-7-3-2-4-8-18)24-22(28-25)20-9-5-6-10-21(20)27-24/h2-14,26-27H,15-16H2,1H3. The first kappa shape index (κ1) is 20.2. The van der Waals surface area contributed by atoms with Crippen molar-refractivity contribution in [1.82, 2.24) is 14.5 Å². The van der Waals surface area contributed by atoms with Crippen molar-refractivity contribution in [2.24, 2.45) is 0 Å². The second kappa shape index (κ2) is 7.76. The largest absolute Gasteiger partial charge is 0.339 e. The van der Waals surface area contributed by atoms with E-state index in [1.165, 1.54) is 0 Å². The Labute approximate surface area is 185 Å². The zero-order valence-electron chi connectivity index (χ0n) is 17.5. The van der Waals surface area contributed by atoms with Gasteiger partial charge >= 0.3 is 0 Å². The molecule has 3 aromatic carbocycles. The Morgan fingerprint density at radius 1 is 0.938 bits per heavy atom. The second-order valence-electron chi connectivity index (χ2n) is 7.84. The first-order chi connectivity index (χ1) is 15.4. The summed E-state index contributed by atoms with van der Waals surface area (Å²) < 4.78 is 28.7. The minimum Gasteiger partial charge on any atom is -0.339 e. The van der Waals surface area contributed by atoms with Crippen molar-refractivity contribution < 1.29 is 8.42 Å². The number of fused-ring (bicyclic) bond motifs is 3. The summed E-state index contributed by atoms with van der Waals surface area (Å²) in [5.74, 6) is 0. The molecule has 7 heteroatoms. The Hall–Kier alpha value is -3.71. The van der Waals surface area contributed by atoms with Crippen LogP contribution in [0.2, 0.25) is 0 Å². The van der Waals surface area contributed by atoms with Gasteiger partial charge in [-0.1, -0.05) is 66.2 Å². The second-order valence-corrected chi connectivity index (χ2v) is 9.70. The van der Waals surface area contributed by atoms with E-state index in [0.29, 0.717) is 24.1 Å². The fourth-order valence-corrected chi connectivity index (χ4v) is 5.22. The molecule has 0 unspecified atom stereocenters. The predicted octanol–water partition coefficient (Wildman–Crippen LogP) is 4.38. The monoisotopic (exact) mass is 442 g/mol. The molecule has 160 valence electrons. The van der Waals surface area contributed by atoms with Gasteiger partial charge in [-0.15, -0.1) is 0 Å². The van der Waals surface area contributed by atoms with Gasteiger partial charge in [-0.2, -0.15) is 0 Å². The van der Waals surface area contributed by atoms with Gasteiger partial charge in [0.1, 0.15) is 11.2 Å². The number of sulfone groups is 1. The van der Waals surface area contributed by atoms with Crippen LogP contribution in [0.15, 0.2) is 88.8 Å². The number of hydrogen-bond acceptors (Lipinski definition) is 4. The molecule has 0 saturated heterocycles. The van der Waals surface area contributed by atoms with E-state index in [-0.39, 0.29) is 15.4 Å². The quantitative estimate of drug-likeness (QED) is 0.423. The fourth-order valence-electron chi connectivity index (χ4n) is 3.93. The van der Waals surface area contributed by atoms with E-state index >= 15 is 0 Å². The zero-order valence-corrected chi connectivity index (χ0v) is 18.4. The number of para-hydroxylation sites is 1. The third-order valence-electron chi connectivity index (χ3n) is 5.67. The molecule has 0 spiro atoms. The van der Waals surface area contributed by atoms with E-state index in [1.807, 2.05) is 61.5 Å². The van der Waals surface area contributed by atoms with E-state index in [4.69, 9.17) is 5.41 Å². The smallest absolute Gasteiger partial charge is 0.227 e. The molecule has 0 radical (unpaired) electrons. The van der Waals surface area contributed by atoms with Crippen LogP contribution in [0.1, 0.15) is 11.1 Å². The van der Waals surface area contributed by atoms with Crippen molar-refractivity contribution in [2.75, 3.05) is 0 Å². The topological polar surface area (TPSA) is 91.6 Å². The van der Waals surface area contributed by atoms with Gasteiger partial charge in [0.05, 0.1) is 4.90 Å². The maximum atomic E-state index is 13.5. The van der Waals surface area contributed by atoms with E-state index in [9.17, 15) is 8.42 Å². The summed E-state index contributed by atoms with van der Waals surface area (Å²) in [4.78, 5) is 7.99. The molecule has 5 aromatic rings. The zero-order chi connectivity index (χ0) is 22.3. The van der Waals surface area contributed by atoms with Gasteiger partial charge < -0.3 is 9.55 Å². The molecule has 2 heterocycles. The Bertz CT molecular complexity index is 1600. The summed E-state index contributed by atoms with van der Waals surface area (Å²) in [7, 11) is -3.96. The van der Waals surface area contributed by atoms with Crippen LogP contribution >= 0.6 is 0 Å². The number of aromatic amines is 1. The molecule has 0 aliphatic carbocycles. The number of nitrogens with zero attached hydrogens (tertiary/aromatic N) is 2. The van der Waals surface area contributed by atoms with E-state index in [2.05, 4.69) is 9.97 Å². The van der Waals surface area contributed by atoms with Crippen molar-refractivity contribution in [1.29, 1.82) is 5.41 Å². The maximum absolute atomic E-state index is 13.5. The molecule has 0 saturated carbocycles. The first-order valence-electron chi connectivity index (χ1n) is 10.4. The molecule has 0 aliphatic heterocycles. The molecule has 0 aliphatic rings. The lowest BCUT2D eigenvalue weighted by Gasteiger charge is -2.12. The van der Waals surface area contributed by atoms with Crippen molar-refractivity contribution in [3.63, 3.8) is 0 Å². The Balaban J connectivity index is 1.74. The summed E-state index contributed by atoms with van der Waals surface area (Å²) in [5, 5.41) is 9.42. The summed E-state index contributed by atoms with van der Waals surface area (Å²) >= 11 is 0. The third-order valence-corrected chi connectivity index (χ3v) is 7.35. The summed E-state index contributed by atoms with van der Waals surface area (Å²) in [6.07, 6.45) is 0.663. The Morgan fingerprint density at radius 2 is 1.62 bits per heavy atom. The summed E-state index contributed by atoms with van der Waals surface area (Å²) in [6, 6.07) is 24.3. The van der Waals surface area contributed by atoms with Gasteiger partial charge in [0.15, 0.2) is 5.49 Å². The third kappa shape index (κ3) is 3.40. The van der Waals surface area contributed by atoms with Gasteiger partial charge in [-0.25, -0.2) is 13.4 Å². The Morgan fingerprint density at radius 3 is 2.38 bits per heavy atom. The molecular formula is C25H22N4O2S. The first-order valence-corrected chi connectivity index (χ1v) is 11.8. The van der Waals surface area contributed by atoms with Crippen molar-refractivity contribution in [2.45, 2.75) is 29.8 Å². The molecule has 0 atom stereocenters. The number of rotatable bonds is 5. The highest BCUT2D eigenvalue weighted by atomic mass is 32.2. The van der Waals surface area contributed by atoms with Crippen molar-refractivity contribution >= 4 is 31.9 Å². The summed E-state index contributed by atoms with van der Waals surface area (Å²) in [5.41, 5.74) is 4.01. The molecule has 6 nitrogen and oxygen atoms in total. The lowest BCUT2D eigenvalue weighted by molar-refractivity contribution is 0.581. The molecule has 2 aromatic heterocycles. The molecule has 0 bridgehead atoms. The number of aromatic nitrogens is 3. The molecule has 0 amide bonds. The van der Waals surface area contributed by atoms with E-state index < -0.39 is 9.84 Å². The van der Waals surface area contributed by atoms with Crippen molar-refractivity contribution in [3.8, 4) is 0 Å². The van der Waals surface area contributed by atoms with Crippen LogP contribution in [0.5, 0.6) is 0 Å². The number of hydrogen-bond donors (Lipinski definition) is 2. The lowest BCUT2D eigenvalue weighted by Crippen LogP contribution is -2.29. The average Bonchev–Trinajstić information content (AvgIpc) is 3.17. The van der Waals surface area contributed by atoms with Crippen LogP contribution in [-0.4, -0.2) is 23.0 Å². The highest BCUT2D eigenvalue weighted by Gasteiger charge is 2.25. The van der Waals surface area contributed by atoms with Crippen LogP contribution in [0, 0.1) is 12.3 Å². The van der Waals surface area contributed by atoms with Crippen LogP contribution in [0.4, 0.5) is 0 Å². The van der Waals surface area contributed by atoms with Crippen LogP contribution in [0.3, 0.4) is 0 Å². The van der Waals surface area contributed by atoms with E-state index in [0.717, 1.165) is 22.0 Å². The SMILES string of the molecule is Cc1ccc(S(=O)(=O)c2nc3c4ccccc4[nH]c3n(CCc3ccccc3)c2=N)cc1. The molecule has 5 rings (SSSR count). The lowest BCUT2D eigenvalue weighted by atomic mass is 10.1. The predicted molar refractivity (Wildman–Crippen MR) is 124 cm³/mol. The van der Waals surface area contributed by atoms with E-state index in [1.54, 1.807) is 28.8 Å². The fraction of sp³-hybridized carbons (Fsp3) is 0.120. The molecule has 32 heavy (non-hydrogen) atoms. The van der Waals surface area contributed by atoms with Crippen LogP contribution in [0.25, 0.3) is 22.1 Å². The number of aryl methyl sites for hydroxylation is 3. The van der Waals surface area contributed by atoms with Gasteiger partial charge in [-0.3, -0.25) is 5.41 Å². The minimum absolute atomic E-state index is 0.124. The van der Waals surface area contributed by atoms with Crippen LogP contribution in [-0.2, 0) is 22.8 Å². The molecular weight excluding hydrogens is 420 g/mol. The molecule has 2 N–H and O–H groups in total. The summed E-state index contributed by atoms with van der Waals surface area (Å²) in [6.45, 7) is 2.35. The number of H-pyrrole nitrogens is 1. The normalized spacial score (nSPS) is 11.9. The van der Waals surface area contributed by atoms with Gasteiger partial charge in [-0.05, 0) is 37.1 Å². The van der Waals surface area contributed by atoms with Crippen molar-refractivity contribution in [3.05, 3.63) is 95.5 Å².